The normalized spacial score (nSPS) is 11.8. The van der Waals surface area contributed by atoms with Crippen LogP contribution in [0.1, 0.15) is 214 Å². The van der Waals surface area contributed by atoms with E-state index in [0.717, 1.165) is 138 Å². The Morgan fingerprint density at radius 2 is 0.799 bits per heavy atom. The lowest BCUT2D eigenvalue weighted by atomic mass is 9.94. The van der Waals surface area contributed by atoms with Gasteiger partial charge in [-0.2, -0.15) is 83.4 Å². The van der Waals surface area contributed by atoms with Crippen LogP contribution in [0.15, 0.2) is 146 Å². The van der Waals surface area contributed by atoms with E-state index in [-0.39, 0.29) is 73.3 Å². The standard InChI is InChI=1S/C22H24F3N3O.C22H33F2N3O2.C21H26F4N4O2.C21H21F4N3O.C21H29F4N3O.2CH4/c1-4-10-28(3)14-20-18(13-26-27-20)17-12-19(22(23,24)25)21(11-15(17)2)29-16-8-6-5-7-9-16;1-6-7-9-27(4)15-17-14-25-26-21(17)19-12-18(29-11-8-10-28-5)13-20(16(19)2)22(3,23)24;1-4-5-7-29(2)13-17-15(12-27-28-17)19-14(11-26)16(21(23,24)25)10-18(20(19)22)31-9-6-8-30-3;1-3-9-28(2)13-14-12-26-27-20(14)16-10-17(21(23,24)25)19(11-18(16)22)29-15-7-5-4-6-8-15;1-5-6-8-28(4)13-18-17(12-26-27-18)16-10-15(21(23,24)25)11-19(20(16)22)29-9-7-14(2)3;;/h5-9,11-13H,4,10,14H2,1-3H3,(H,26,27);12-14H,6-11,15H2,1-5H3,(H,25,26);10,12H,4-9,13H2,1-3H3,(H,27,28);4-8,10-12H,3,9,13H2,1-2H3,(H,26,27);10-12,14H,5-9,13H2,1-4H3,(H,26,27);2*1H4. The lowest BCUT2D eigenvalue weighted by Gasteiger charge is -2.20. The Balaban J connectivity index is 0.000000283. The fourth-order valence-electron chi connectivity index (χ4n) is 15.8. The second-order valence-corrected chi connectivity index (χ2v) is 36.3. The van der Waals surface area contributed by atoms with Crippen LogP contribution in [0, 0.1) is 48.5 Å². The van der Waals surface area contributed by atoms with E-state index in [2.05, 4.69) is 88.6 Å². The molecule has 0 fully saturated rings. The molecule has 0 amide bonds. The van der Waals surface area contributed by atoms with Crippen LogP contribution in [0.3, 0.4) is 0 Å². The number of nitrogens with zero attached hydrogens (tertiary/aromatic N) is 11. The second kappa shape index (κ2) is 59.9. The van der Waals surface area contributed by atoms with Crippen molar-refractivity contribution >= 4 is 0 Å². The predicted molar refractivity (Wildman–Crippen MR) is 546 cm³/mol. The Morgan fingerprint density at radius 1 is 0.383 bits per heavy atom. The SMILES string of the molecule is C.C.CCCCN(C)Cc1[nH]ncc1-c1c(F)c(OCCCOC)cc(C(F)(F)F)c1C#N.CCCCN(C)Cc1[nH]ncc1-c1cc(C(F)(F)F)cc(OCCC(C)C)c1F.CCCCN(C)Cc1cn[nH]c1-c1cc(OCCCOC)cc(C(C)(F)F)c1C.CCCN(C)Cc1[nH]ncc1-c1cc(C(F)(F)F)c(Oc2ccccc2)cc1C.CCCN(C)Cc1cn[nH]c1-c1cc(C(F)(F)F)c(Oc2ccccc2)cc1F. The fraction of sp³-hybridized carbons (Fsp3) is 0.468. The monoisotopic (exact) mass is 2110 g/mol. The zero-order valence-electron chi connectivity index (χ0n) is 86.0. The van der Waals surface area contributed by atoms with E-state index in [0.29, 0.717) is 146 Å². The van der Waals surface area contributed by atoms with Crippen LogP contribution < -0.4 is 23.7 Å². The first-order valence-corrected chi connectivity index (χ1v) is 48.5. The molecule has 40 heteroatoms. The number of hydrogen-bond donors (Lipinski definition) is 5. The van der Waals surface area contributed by atoms with E-state index >= 15 is 8.78 Å². The van der Waals surface area contributed by atoms with E-state index in [9.17, 15) is 71.1 Å². The van der Waals surface area contributed by atoms with E-state index in [1.54, 1.807) is 81.9 Å². The molecule has 0 saturated carbocycles. The zero-order valence-corrected chi connectivity index (χ0v) is 86.0. The molecule has 818 valence electrons. The molecule has 0 aliphatic carbocycles. The Bertz CT molecular complexity index is 5890. The average Bonchev–Trinajstić information content (AvgIpc) is 1.19. The minimum atomic E-state index is -4.86. The maximum Gasteiger partial charge on any atom is 0.420 e. The van der Waals surface area contributed by atoms with Crippen molar-refractivity contribution in [1.29, 1.82) is 5.26 Å². The molecule has 23 nitrogen and oxygen atoms in total. The molecule has 5 aromatic heterocycles. The lowest BCUT2D eigenvalue weighted by Crippen LogP contribution is -2.20. The van der Waals surface area contributed by atoms with Crippen molar-refractivity contribution in [2.75, 3.05) is 115 Å². The summed E-state index contributed by atoms with van der Waals surface area (Å²) in [5.41, 5.74) is 2.12. The van der Waals surface area contributed by atoms with Gasteiger partial charge in [0.25, 0.3) is 5.92 Å². The van der Waals surface area contributed by atoms with Crippen LogP contribution in [0.4, 0.5) is 74.6 Å². The number of methoxy groups -OCH3 is 2. The van der Waals surface area contributed by atoms with Gasteiger partial charge in [0, 0.05) is 142 Å². The number of rotatable bonds is 47. The highest BCUT2D eigenvalue weighted by atomic mass is 19.4. The third-order valence-corrected chi connectivity index (χ3v) is 23.3. The molecule has 0 aliphatic heterocycles. The Morgan fingerprint density at radius 3 is 1.25 bits per heavy atom. The number of benzene rings is 7. The van der Waals surface area contributed by atoms with Gasteiger partial charge in [-0.15, -0.1) is 0 Å². The molecular formula is C109H141F17N16O7. The van der Waals surface area contributed by atoms with Crippen molar-refractivity contribution < 1.29 is 108 Å². The number of unbranched alkanes of at least 4 members (excludes halogenated alkanes) is 3. The first kappa shape index (κ1) is 125. The highest BCUT2D eigenvalue weighted by molar-refractivity contribution is 5.77. The highest BCUT2D eigenvalue weighted by Gasteiger charge is 2.42. The van der Waals surface area contributed by atoms with Gasteiger partial charge in [0.05, 0.1) is 107 Å². The van der Waals surface area contributed by atoms with E-state index in [4.69, 9.17) is 33.2 Å². The number of nitriles is 1. The first-order chi connectivity index (χ1) is 69.7. The number of aromatic amines is 5. The van der Waals surface area contributed by atoms with E-state index in [1.165, 1.54) is 56.0 Å². The van der Waals surface area contributed by atoms with E-state index < -0.39 is 93.0 Å². The molecule has 12 aromatic rings. The number of nitrogens with one attached hydrogen (secondary N) is 5. The number of H-pyrrole nitrogens is 5. The number of alkyl halides is 14. The zero-order chi connectivity index (χ0) is 108. The van der Waals surface area contributed by atoms with Crippen LogP contribution in [0.5, 0.6) is 40.2 Å². The molecule has 12 rings (SSSR count). The van der Waals surface area contributed by atoms with Crippen LogP contribution >= 0.6 is 0 Å². The summed E-state index contributed by atoms with van der Waals surface area (Å²) in [4.78, 5) is 10.3. The summed E-state index contributed by atoms with van der Waals surface area (Å²) < 4.78 is 275. The predicted octanol–water partition coefficient (Wildman–Crippen LogP) is 29.0. The third-order valence-electron chi connectivity index (χ3n) is 23.3. The van der Waals surface area contributed by atoms with Gasteiger partial charge in [-0.05, 0) is 216 Å². The summed E-state index contributed by atoms with van der Waals surface area (Å²) in [6.45, 7) is 26.8. The lowest BCUT2D eigenvalue weighted by molar-refractivity contribution is -0.139. The van der Waals surface area contributed by atoms with Crippen LogP contribution in [-0.2, 0) is 72.8 Å². The minimum absolute atomic E-state index is 0. The third kappa shape index (κ3) is 37.6. The molecule has 0 atom stereocenters. The van der Waals surface area contributed by atoms with Crippen molar-refractivity contribution in [1.82, 2.24) is 75.5 Å². The van der Waals surface area contributed by atoms with Gasteiger partial charge in [0.1, 0.15) is 40.6 Å². The summed E-state index contributed by atoms with van der Waals surface area (Å²) in [7, 11) is 12.8. The van der Waals surface area contributed by atoms with Gasteiger partial charge in [-0.1, -0.05) is 119 Å². The van der Waals surface area contributed by atoms with Gasteiger partial charge in [-0.25, -0.2) is 22.0 Å². The topological polar surface area (TPSA) is 248 Å². The van der Waals surface area contributed by atoms with Gasteiger partial charge in [0.15, 0.2) is 23.1 Å². The molecule has 5 heterocycles. The maximum atomic E-state index is 15.4. The largest absolute Gasteiger partial charge is 0.493 e. The Kier molecular flexibility index (Phi) is 50.3. The number of aromatic nitrogens is 10. The minimum Gasteiger partial charge on any atom is -0.493 e. The van der Waals surface area contributed by atoms with Crippen molar-refractivity contribution in [3.8, 4) is 102 Å². The van der Waals surface area contributed by atoms with Crippen LogP contribution in [0.2, 0.25) is 0 Å². The van der Waals surface area contributed by atoms with Crippen molar-refractivity contribution in [2.45, 2.75) is 218 Å². The van der Waals surface area contributed by atoms with Gasteiger partial charge in [-0.3, -0.25) is 25.5 Å². The van der Waals surface area contributed by atoms with Crippen molar-refractivity contribution in [2.24, 2.45) is 5.92 Å². The molecular weight excluding hydrogens is 1970 g/mol. The quantitative estimate of drug-likeness (QED) is 0.0176. The number of halogens is 17. The molecule has 0 saturated heterocycles. The summed E-state index contributed by atoms with van der Waals surface area (Å²) in [6, 6.07) is 27.4. The molecule has 0 radical (unpaired) electrons. The van der Waals surface area contributed by atoms with E-state index in [1.807, 2.05) is 76.7 Å². The Labute approximate surface area is 862 Å². The molecule has 0 bridgehead atoms. The number of ether oxygens (including phenoxy) is 7. The first-order valence-electron chi connectivity index (χ1n) is 48.5. The number of hydrogen-bond acceptors (Lipinski definition) is 18. The highest BCUT2D eigenvalue weighted by Crippen LogP contribution is 2.48. The van der Waals surface area contributed by atoms with Gasteiger partial charge < -0.3 is 57.7 Å². The number of aryl methyl sites for hydroxylation is 1. The molecule has 0 aliphatic rings. The number of para-hydroxylation sites is 2. The smallest absolute Gasteiger partial charge is 0.420 e. The van der Waals surface area contributed by atoms with Gasteiger partial charge in [0.2, 0.25) is 0 Å². The molecule has 0 unspecified atom stereocenters. The Hall–Kier alpha value is -12.4. The van der Waals surface area contributed by atoms with Crippen LogP contribution in [0.25, 0.3) is 55.9 Å². The molecule has 5 N–H and O–H groups in total. The van der Waals surface area contributed by atoms with Crippen LogP contribution in [-0.4, -0.2) is 191 Å². The average molecular weight is 2110 g/mol. The molecule has 7 aromatic carbocycles. The summed E-state index contributed by atoms with van der Waals surface area (Å²) in [6.07, 6.45) is -1.55. The maximum absolute atomic E-state index is 15.4. The molecule has 149 heavy (non-hydrogen) atoms. The van der Waals surface area contributed by atoms with Gasteiger partial charge >= 0.3 is 24.7 Å². The second-order valence-electron chi connectivity index (χ2n) is 36.3. The fourth-order valence-corrected chi connectivity index (χ4v) is 15.8. The summed E-state index contributed by atoms with van der Waals surface area (Å²) in [5.74, 6) is -6.11. The molecule has 0 spiro atoms. The summed E-state index contributed by atoms with van der Waals surface area (Å²) in [5, 5.41) is 43.6. The summed E-state index contributed by atoms with van der Waals surface area (Å²) >= 11 is 0. The van der Waals surface area contributed by atoms with Crippen molar-refractivity contribution in [3.05, 3.63) is 236 Å². The van der Waals surface area contributed by atoms with Crippen molar-refractivity contribution in [3.63, 3.8) is 0 Å².